The monoisotopic (exact) mass is 398 g/mol. The fourth-order valence-electron chi connectivity index (χ4n) is 3.59. The van der Waals surface area contributed by atoms with Crippen molar-refractivity contribution in [1.82, 2.24) is 0 Å². The molecule has 28 heavy (non-hydrogen) atoms. The van der Waals surface area contributed by atoms with Crippen LogP contribution in [0.15, 0.2) is 12.7 Å². The first-order valence-electron chi connectivity index (χ1n) is 10.6. The summed E-state index contributed by atoms with van der Waals surface area (Å²) >= 11 is 0. The number of carbonyl (C=O) groups is 3. The number of esters is 1. The lowest BCUT2D eigenvalue weighted by molar-refractivity contribution is -0.155. The van der Waals surface area contributed by atoms with Crippen molar-refractivity contribution in [3.63, 3.8) is 0 Å². The number of carboxylic acid groups (broad SMARTS) is 2. The molecule has 1 rings (SSSR count). The van der Waals surface area contributed by atoms with Crippen LogP contribution in [0.3, 0.4) is 0 Å². The van der Waals surface area contributed by atoms with Gasteiger partial charge in [0.05, 0.1) is 11.8 Å². The first-order chi connectivity index (χ1) is 13.3. The highest BCUT2D eigenvalue weighted by atomic mass is 16.5. The minimum absolute atomic E-state index is 0.0623. The Morgan fingerprint density at radius 1 is 1.04 bits per heavy atom. The van der Waals surface area contributed by atoms with Crippen LogP contribution in [0.25, 0.3) is 0 Å². The molecule has 0 aromatic heterocycles. The van der Waals surface area contributed by atoms with Crippen LogP contribution in [-0.4, -0.2) is 34.2 Å². The van der Waals surface area contributed by atoms with Crippen LogP contribution < -0.4 is 0 Å². The van der Waals surface area contributed by atoms with Crippen LogP contribution >= 0.6 is 0 Å². The van der Waals surface area contributed by atoms with E-state index in [1.165, 1.54) is 31.8 Å². The molecule has 1 saturated carbocycles. The average Bonchev–Trinajstić information content (AvgIpc) is 2.70. The van der Waals surface area contributed by atoms with Crippen molar-refractivity contribution in [2.45, 2.75) is 91.1 Å². The minimum Gasteiger partial charge on any atom is -0.481 e. The molecule has 0 bridgehead atoms. The van der Waals surface area contributed by atoms with E-state index >= 15 is 0 Å². The Bertz CT molecular complexity index is 465. The molecule has 0 aliphatic heterocycles. The second kappa shape index (κ2) is 15.1. The molecule has 2 N–H and O–H groups in total. The van der Waals surface area contributed by atoms with Crippen molar-refractivity contribution >= 4 is 17.9 Å². The van der Waals surface area contributed by atoms with Gasteiger partial charge in [0.25, 0.3) is 0 Å². The van der Waals surface area contributed by atoms with Crippen molar-refractivity contribution in [2.24, 2.45) is 17.8 Å². The molecule has 1 fully saturated rings. The fourth-order valence-corrected chi connectivity index (χ4v) is 3.59. The van der Waals surface area contributed by atoms with E-state index in [4.69, 9.17) is 14.9 Å². The van der Waals surface area contributed by atoms with Gasteiger partial charge in [0.1, 0.15) is 6.10 Å². The van der Waals surface area contributed by atoms with E-state index in [1.54, 1.807) is 0 Å². The number of aliphatic carboxylic acids is 2. The molecule has 0 saturated heterocycles. The van der Waals surface area contributed by atoms with E-state index in [1.807, 2.05) is 0 Å². The molecule has 0 spiro atoms. The Balaban J connectivity index is 0.000000540. The smallest absolute Gasteiger partial charge is 0.330 e. The van der Waals surface area contributed by atoms with Crippen LogP contribution in [0.1, 0.15) is 85.0 Å². The van der Waals surface area contributed by atoms with E-state index in [0.717, 1.165) is 25.7 Å². The number of ether oxygens (including phenoxy) is 1. The Labute approximate surface area is 169 Å². The second-order valence-electron chi connectivity index (χ2n) is 7.50. The summed E-state index contributed by atoms with van der Waals surface area (Å²) in [7, 11) is 0. The molecule has 1 aliphatic carbocycles. The predicted molar refractivity (Wildman–Crippen MR) is 109 cm³/mol. The van der Waals surface area contributed by atoms with E-state index in [2.05, 4.69) is 27.4 Å². The molecule has 0 aromatic rings. The molecular weight excluding hydrogens is 360 g/mol. The molecule has 162 valence electrons. The molecule has 0 radical (unpaired) electrons. The molecular formula is C22H38O6. The maximum atomic E-state index is 11.1. The topological polar surface area (TPSA) is 101 Å². The molecule has 6 nitrogen and oxygen atoms in total. The van der Waals surface area contributed by atoms with Gasteiger partial charge < -0.3 is 14.9 Å². The highest BCUT2D eigenvalue weighted by molar-refractivity contribution is 5.81. The fraction of sp³-hybridized carbons (Fsp3) is 0.773. The normalized spacial score (nSPS) is 20.8. The van der Waals surface area contributed by atoms with Crippen LogP contribution in [0.5, 0.6) is 0 Å². The van der Waals surface area contributed by atoms with E-state index < -0.39 is 23.8 Å². The number of hydrogen-bond donors (Lipinski definition) is 2. The largest absolute Gasteiger partial charge is 0.481 e. The Morgan fingerprint density at radius 3 is 1.93 bits per heavy atom. The third kappa shape index (κ3) is 10.5. The zero-order valence-corrected chi connectivity index (χ0v) is 17.7. The zero-order valence-electron chi connectivity index (χ0n) is 17.7. The lowest BCUT2D eigenvalue weighted by atomic mass is 9.79. The third-order valence-corrected chi connectivity index (χ3v) is 5.44. The zero-order chi connectivity index (χ0) is 21.5. The van der Waals surface area contributed by atoms with Gasteiger partial charge in [-0.05, 0) is 31.6 Å². The van der Waals surface area contributed by atoms with Crippen LogP contribution in [0, 0.1) is 17.8 Å². The van der Waals surface area contributed by atoms with Gasteiger partial charge in [-0.25, -0.2) is 4.79 Å². The average molecular weight is 399 g/mol. The van der Waals surface area contributed by atoms with Crippen LogP contribution in [0.4, 0.5) is 0 Å². The van der Waals surface area contributed by atoms with Gasteiger partial charge in [0.15, 0.2) is 0 Å². The van der Waals surface area contributed by atoms with Crippen molar-refractivity contribution in [3.05, 3.63) is 12.7 Å². The first-order valence-corrected chi connectivity index (χ1v) is 10.6. The lowest BCUT2D eigenvalue weighted by Crippen LogP contribution is -2.32. The van der Waals surface area contributed by atoms with Gasteiger partial charge in [0.2, 0.25) is 0 Å². The van der Waals surface area contributed by atoms with Crippen molar-refractivity contribution < 1.29 is 29.3 Å². The summed E-state index contributed by atoms with van der Waals surface area (Å²) in [5.74, 6) is -2.89. The highest BCUT2D eigenvalue weighted by Gasteiger charge is 2.35. The molecule has 6 heteroatoms. The van der Waals surface area contributed by atoms with Crippen LogP contribution in [0.2, 0.25) is 0 Å². The summed E-state index contributed by atoms with van der Waals surface area (Å²) < 4.78 is 5.30. The first kappa shape index (κ1) is 26.1. The number of unbranched alkanes of at least 4 members (excludes halogenated alkanes) is 1. The van der Waals surface area contributed by atoms with Gasteiger partial charge in [-0.1, -0.05) is 65.9 Å². The predicted octanol–water partition coefficient (Wildman–Crippen LogP) is 5.06. The quantitative estimate of drug-likeness (QED) is 0.372. The maximum absolute atomic E-state index is 11.1. The van der Waals surface area contributed by atoms with Gasteiger partial charge in [-0.15, -0.1) is 0 Å². The van der Waals surface area contributed by atoms with Crippen molar-refractivity contribution in [3.8, 4) is 0 Å². The highest BCUT2D eigenvalue weighted by Crippen LogP contribution is 2.30. The molecule has 4 unspecified atom stereocenters. The molecule has 4 atom stereocenters. The minimum atomic E-state index is -0.970. The number of carbonyl (C=O) groups excluding carboxylic acids is 1. The maximum Gasteiger partial charge on any atom is 0.330 e. The SMILES string of the molecule is C=CC(=O)OC(CC)CC(CC)CCCC.O=C(O)C1CCCCC1C(=O)O. The number of carboxylic acids is 2. The van der Waals surface area contributed by atoms with Gasteiger partial charge in [0, 0.05) is 6.08 Å². The van der Waals surface area contributed by atoms with Crippen molar-refractivity contribution in [2.75, 3.05) is 0 Å². The Hall–Kier alpha value is -1.85. The number of rotatable bonds is 11. The van der Waals surface area contributed by atoms with Gasteiger partial charge >= 0.3 is 17.9 Å². The van der Waals surface area contributed by atoms with Gasteiger partial charge in [-0.3, -0.25) is 9.59 Å². The summed E-state index contributed by atoms with van der Waals surface area (Å²) in [6.45, 7) is 9.91. The standard InChI is InChI=1S/C14H26O2.C8H12O4/c1-5-9-10-12(6-2)11-13(7-3)16-14(15)8-4;9-7(10)5-3-1-2-4-6(5)8(11)12/h8,12-13H,4-7,9-11H2,1-3H3;5-6H,1-4H2,(H,9,10)(H,11,12). The summed E-state index contributed by atoms with van der Waals surface area (Å²) in [5, 5.41) is 17.4. The summed E-state index contributed by atoms with van der Waals surface area (Å²) in [6.07, 6.45) is 10.8. The molecule has 0 heterocycles. The molecule has 0 aromatic carbocycles. The lowest BCUT2D eigenvalue weighted by Gasteiger charge is -2.24. The van der Waals surface area contributed by atoms with Crippen molar-refractivity contribution in [1.29, 1.82) is 0 Å². The summed E-state index contributed by atoms with van der Waals surface area (Å²) in [5.41, 5.74) is 0. The molecule has 0 amide bonds. The third-order valence-electron chi connectivity index (χ3n) is 5.44. The summed E-state index contributed by atoms with van der Waals surface area (Å²) in [4.78, 5) is 32.3. The Morgan fingerprint density at radius 2 is 1.57 bits per heavy atom. The molecule has 1 aliphatic rings. The van der Waals surface area contributed by atoms with Crippen LogP contribution in [-0.2, 0) is 19.1 Å². The van der Waals surface area contributed by atoms with E-state index in [-0.39, 0.29) is 12.1 Å². The van der Waals surface area contributed by atoms with E-state index in [0.29, 0.717) is 18.8 Å². The Kier molecular flexibility index (Phi) is 14.1. The summed E-state index contributed by atoms with van der Waals surface area (Å²) in [6, 6.07) is 0. The second-order valence-corrected chi connectivity index (χ2v) is 7.50. The van der Waals surface area contributed by atoms with E-state index in [9.17, 15) is 14.4 Å². The van der Waals surface area contributed by atoms with Gasteiger partial charge in [-0.2, -0.15) is 0 Å². The number of hydrogen-bond acceptors (Lipinski definition) is 4.